The number of carbonyl (C=O) groups excluding carboxylic acids is 1. The Balaban J connectivity index is 1.55. The predicted octanol–water partition coefficient (Wildman–Crippen LogP) is 3.49. The van der Waals surface area contributed by atoms with Crippen LogP contribution in [0.3, 0.4) is 0 Å². The summed E-state index contributed by atoms with van der Waals surface area (Å²) < 4.78 is 10.5. The molecule has 7 heteroatoms. The van der Waals surface area contributed by atoms with Crippen LogP contribution in [0, 0.1) is 11.3 Å². The van der Waals surface area contributed by atoms with Crippen LogP contribution in [0.15, 0.2) is 18.2 Å². The van der Waals surface area contributed by atoms with E-state index in [1.54, 1.807) is 14.2 Å². The van der Waals surface area contributed by atoms with Crippen LogP contribution >= 0.6 is 11.3 Å². The molecule has 1 heterocycles. The van der Waals surface area contributed by atoms with Crippen molar-refractivity contribution in [3.8, 4) is 17.6 Å². The minimum atomic E-state index is -0.290. The van der Waals surface area contributed by atoms with Gasteiger partial charge in [0.1, 0.15) is 11.1 Å². The van der Waals surface area contributed by atoms with Crippen molar-refractivity contribution in [2.24, 2.45) is 0 Å². The molecule has 26 heavy (non-hydrogen) atoms. The van der Waals surface area contributed by atoms with Gasteiger partial charge in [-0.1, -0.05) is 6.07 Å². The number of benzene rings is 1. The summed E-state index contributed by atoms with van der Waals surface area (Å²) >= 11 is 1.52. The fourth-order valence-corrected chi connectivity index (χ4v) is 4.35. The molecule has 0 spiro atoms. The lowest BCUT2D eigenvalue weighted by Crippen LogP contribution is -2.30. The van der Waals surface area contributed by atoms with E-state index >= 15 is 0 Å². The van der Waals surface area contributed by atoms with Gasteiger partial charge in [0.2, 0.25) is 0 Å². The number of aryl methyl sites for hydroxylation is 1. The fourth-order valence-electron chi connectivity index (χ4n) is 3.11. The van der Waals surface area contributed by atoms with Gasteiger partial charge in [0.05, 0.1) is 19.8 Å². The molecule has 2 amide bonds. The number of urea groups is 1. The van der Waals surface area contributed by atoms with Crippen LogP contribution in [0.4, 0.5) is 9.80 Å². The molecule has 1 aliphatic carbocycles. The number of hydrogen-bond acceptors (Lipinski definition) is 5. The van der Waals surface area contributed by atoms with Crippen LogP contribution in [0.25, 0.3) is 0 Å². The largest absolute Gasteiger partial charge is 0.493 e. The third-order valence-electron chi connectivity index (χ3n) is 4.41. The molecule has 2 N–H and O–H groups in total. The molecule has 1 aromatic heterocycles. The molecule has 2 aromatic rings. The fraction of sp³-hybridized carbons (Fsp3) is 0.368. The summed E-state index contributed by atoms with van der Waals surface area (Å²) in [5, 5.41) is 15.7. The second kappa shape index (κ2) is 8.11. The SMILES string of the molecule is COc1ccc(CCNC(=O)Nc2sc3c(c2C#N)CCC3)cc1OC. The first kappa shape index (κ1) is 18.1. The van der Waals surface area contributed by atoms with E-state index in [4.69, 9.17) is 9.47 Å². The van der Waals surface area contributed by atoms with E-state index < -0.39 is 0 Å². The maximum atomic E-state index is 12.2. The molecule has 136 valence electrons. The van der Waals surface area contributed by atoms with Gasteiger partial charge in [-0.3, -0.25) is 5.32 Å². The Bertz CT molecular complexity index is 854. The van der Waals surface area contributed by atoms with Crippen LogP contribution in [-0.4, -0.2) is 26.8 Å². The monoisotopic (exact) mass is 371 g/mol. The third-order valence-corrected chi connectivity index (χ3v) is 5.61. The van der Waals surface area contributed by atoms with Crippen LogP contribution in [-0.2, 0) is 19.3 Å². The van der Waals surface area contributed by atoms with E-state index in [1.807, 2.05) is 18.2 Å². The number of hydrogen-bond donors (Lipinski definition) is 2. The van der Waals surface area contributed by atoms with Crippen molar-refractivity contribution in [1.29, 1.82) is 5.26 Å². The molecule has 0 saturated heterocycles. The van der Waals surface area contributed by atoms with Crippen molar-refractivity contribution in [1.82, 2.24) is 5.32 Å². The van der Waals surface area contributed by atoms with E-state index in [1.165, 1.54) is 16.2 Å². The van der Waals surface area contributed by atoms with Crippen molar-refractivity contribution in [2.75, 3.05) is 26.1 Å². The summed E-state index contributed by atoms with van der Waals surface area (Å²) in [6, 6.07) is 7.63. The average Bonchev–Trinajstić information content (AvgIpc) is 3.22. The van der Waals surface area contributed by atoms with Gasteiger partial charge < -0.3 is 14.8 Å². The smallest absolute Gasteiger partial charge is 0.319 e. The maximum Gasteiger partial charge on any atom is 0.319 e. The normalized spacial score (nSPS) is 12.2. The Labute approximate surface area is 156 Å². The van der Waals surface area contributed by atoms with Crippen LogP contribution in [0.1, 0.15) is 28.0 Å². The number of nitrogens with zero attached hydrogens (tertiary/aromatic N) is 1. The zero-order valence-corrected chi connectivity index (χ0v) is 15.7. The van der Waals surface area contributed by atoms with Crippen molar-refractivity contribution >= 4 is 22.4 Å². The Hall–Kier alpha value is -2.72. The number of fused-ring (bicyclic) bond motifs is 1. The van der Waals surface area contributed by atoms with Gasteiger partial charge in [-0.05, 0) is 48.9 Å². The number of nitriles is 1. The highest BCUT2D eigenvalue weighted by atomic mass is 32.1. The van der Waals surface area contributed by atoms with Gasteiger partial charge in [0, 0.05) is 11.4 Å². The molecule has 0 atom stereocenters. The molecule has 0 fully saturated rings. The molecule has 1 aromatic carbocycles. The van der Waals surface area contributed by atoms with Crippen molar-refractivity contribution in [3.05, 3.63) is 39.8 Å². The number of thiophene rings is 1. The number of methoxy groups -OCH3 is 2. The standard InChI is InChI=1S/C19H21N3O3S/c1-24-15-7-6-12(10-16(15)25-2)8-9-21-19(23)22-18-14(11-20)13-4-3-5-17(13)26-18/h6-7,10H,3-5,8-9H2,1-2H3,(H2,21,22,23). The molecule has 0 radical (unpaired) electrons. The highest BCUT2D eigenvalue weighted by Crippen LogP contribution is 2.38. The van der Waals surface area contributed by atoms with Gasteiger partial charge in [-0.25, -0.2) is 4.79 Å². The number of nitrogens with one attached hydrogen (secondary N) is 2. The third kappa shape index (κ3) is 3.75. The van der Waals surface area contributed by atoms with Gasteiger partial charge in [0.25, 0.3) is 0 Å². The van der Waals surface area contributed by atoms with Gasteiger partial charge in [-0.2, -0.15) is 5.26 Å². The second-order valence-electron chi connectivity index (χ2n) is 5.99. The van der Waals surface area contributed by atoms with Crippen LogP contribution in [0.2, 0.25) is 0 Å². The topological polar surface area (TPSA) is 83.4 Å². The van der Waals surface area contributed by atoms with Crippen LogP contribution < -0.4 is 20.1 Å². The van der Waals surface area contributed by atoms with Crippen molar-refractivity contribution < 1.29 is 14.3 Å². The van der Waals surface area contributed by atoms with E-state index in [2.05, 4.69) is 16.7 Å². The Morgan fingerprint density at radius 3 is 2.81 bits per heavy atom. The molecule has 0 unspecified atom stereocenters. The van der Waals surface area contributed by atoms with Crippen LogP contribution in [0.5, 0.6) is 11.5 Å². The zero-order valence-electron chi connectivity index (χ0n) is 14.8. The first-order valence-corrected chi connectivity index (χ1v) is 9.28. The van der Waals surface area contributed by atoms with Crippen molar-refractivity contribution in [3.63, 3.8) is 0 Å². The summed E-state index contributed by atoms with van der Waals surface area (Å²) in [5.74, 6) is 1.35. The minimum Gasteiger partial charge on any atom is -0.493 e. The summed E-state index contributed by atoms with van der Waals surface area (Å²) in [4.78, 5) is 13.4. The van der Waals surface area contributed by atoms with E-state index in [0.29, 0.717) is 35.0 Å². The van der Waals surface area contributed by atoms with E-state index in [-0.39, 0.29) is 6.03 Å². The van der Waals surface area contributed by atoms with Gasteiger partial charge >= 0.3 is 6.03 Å². The number of rotatable bonds is 6. The quantitative estimate of drug-likeness (QED) is 0.814. The first-order valence-electron chi connectivity index (χ1n) is 8.46. The van der Waals surface area contributed by atoms with Crippen molar-refractivity contribution in [2.45, 2.75) is 25.7 Å². The molecule has 3 rings (SSSR count). The lowest BCUT2D eigenvalue weighted by molar-refractivity contribution is 0.252. The second-order valence-corrected chi connectivity index (χ2v) is 7.10. The first-order chi connectivity index (χ1) is 12.7. The average molecular weight is 371 g/mol. The van der Waals surface area contributed by atoms with Gasteiger partial charge in [0.15, 0.2) is 11.5 Å². The predicted molar refractivity (Wildman–Crippen MR) is 101 cm³/mol. The Morgan fingerprint density at radius 2 is 2.08 bits per heavy atom. The zero-order chi connectivity index (χ0) is 18.5. The minimum absolute atomic E-state index is 0.290. The lowest BCUT2D eigenvalue weighted by atomic mass is 10.1. The number of amides is 2. The highest BCUT2D eigenvalue weighted by molar-refractivity contribution is 7.16. The Kier molecular flexibility index (Phi) is 5.64. The summed E-state index contributed by atoms with van der Waals surface area (Å²) in [5.41, 5.74) is 2.77. The molecule has 0 saturated carbocycles. The molecule has 0 aliphatic heterocycles. The van der Waals surface area contributed by atoms with E-state index in [0.717, 1.165) is 30.4 Å². The summed E-state index contributed by atoms with van der Waals surface area (Å²) in [6.45, 7) is 0.480. The molecular formula is C19H21N3O3S. The number of carbonyl (C=O) groups is 1. The molecule has 1 aliphatic rings. The maximum absolute atomic E-state index is 12.2. The van der Waals surface area contributed by atoms with Gasteiger partial charge in [-0.15, -0.1) is 11.3 Å². The molecule has 6 nitrogen and oxygen atoms in total. The summed E-state index contributed by atoms with van der Waals surface area (Å²) in [7, 11) is 3.19. The van der Waals surface area contributed by atoms with E-state index in [9.17, 15) is 10.1 Å². The lowest BCUT2D eigenvalue weighted by Gasteiger charge is -2.10. The highest BCUT2D eigenvalue weighted by Gasteiger charge is 2.22. The number of anilines is 1. The molecular weight excluding hydrogens is 350 g/mol. The number of ether oxygens (including phenoxy) is 2. The summed E-state index contributed by atoms with van der Waals surface area (Å²) in [6.07, 6.45) is 3.68. The Morgan fingerprint density at radius 1 is 1.27 bits per heavy atom. The molecule has 0 bridgehead atoms.